The summed E-state index contributed by atoms with van der Waals surface area (Å²) in [5, 5.41) is 1.93. The quantitative estimate of drug-likeness (QED) is 0.402. The van der Waals surface area contributed by atoms with Gasteiger partial charge in [0, 0.05) is 7.05 Å². The summed E-state index contributed by atoms with van der Waals surface area (Å²) in [5.74, 6) is 0.175. The Labute approximate surface area is 154 Å². The summed E-state index contributed by atoms with van der Waals surface area (Å²) < 4.78 is 5.39. The normalized spacial score (nSPS) is 10.3. The number of esters is 1. The van der Waals surface area contributed by atoms with Gasteiger partial charge in [-0.15, -0.1) is 0 Å². The predicted molar refractivity (Wildman–Crippen MR) is 106 cm³/mol. The molecule has 3 aromatic carbocycles. The molecule has 0 bridgehead atoms. The number of benzene rings is 3. The van der Waals surface area contributed by atoms with E-state index in [1.807, 2.05) is 43.2 Å². The van der Waals surface area contributed by atoms with E-state index in [2.05, 4.69) is 36.6 Å². The van der Waals surface area contributed by atoms with Crippen molar-refractivity contribution in [3.63, 3.8) is 0 Å². The highest BCUT2D eigenvalue weighted by Gasteiger charge is 2.09. The van der Waals surface area contributed by atoms with E-state index < -0.39 is 0 Å². The monoisotopic (exact) mass is 346 g/mol. The Morgan fingerprint density at radius 2 is 1.35 bits per heavy atom. The van der Waals surface area contributed by atoms with Crippen molar-refractivity contribution in [2.24, 2.45) is 0 Å². The second-order valence-electron chi connectivity index (χ2n) is 6.29. The minimum Gasteiger partial charge on any atom is -0.423 e. The number of nitrogens with zero attached hydrogens (tertiary/aromatic N) is 1. The van der Waals surface area contributed by atoms with Gasteiger partial charge in [-0.1, -0.05) is 35.4 Å². The van der Waals surface area contributed by atoms with Gasteiger partial charge in [-0.05, 0) is 62.4 Å². The fraction of sp³-hybridized carbons (Fsp3) is 0.136. The van der Waals surface area contributed by atoms with Gasteiger partial charge in [0.2, 0.25) is 0 Å². The molecule has 3 aromatic rings. The number of aryl methyl sites for hydroxylation is 2. The van der Waals surface area contributed by atoms with Crippen LogP contribution in [0.3, 0.4) is 0 Å². The Balaban J connectivity index is 1.63. The number of hydrogen-bond acceptors (Lipinski definition) is 4. The zero-order valence-corrected chi connectivity index (χ0v) is 15.2. The lowest BCUT2D eigenvalue weighted by atomic mass is 10.2. The number of hydrazine groups is 1. The number of anilines is 2. The molecule has 26 heavy (non-hydrogen) atoms. The van der Waals surface area contributed by atoms with Gasteiger partial charge in [0.05, 0.1) is 16.9 Å². The second-order valence-corrected chi connectivity index (χ2v) is 6.29. The number of nitrogens with one attached hydrogen (secondary N) is 1. The van der Waals surface area contributed by atoms with Gasteiger partial charge in [-0.25, -0.2) is 4.79 Å². The van der Waals surface area contributed by atoms with E-state index in [4.69, 9.17) is 4.74 Å². The molecule has 0 saturated carbocycles. The molecule has 0 unspecified atom stereocenters. The van der Waals surface area contributed by atoms with Gasteiger partial charge in [0.15, 0.2) is 0 Å². The number of carbonyl (C=O) groups excluding carboxylic acids is 1. The Kier molecular flexibility index (Phi) is 5.23. The van der Waals surface area contributed by atoms with Crippen LogP contribution in [0.2, 0.25) is 0 Å². The minimum atomic E-state index is -0.368. The number of carbonyl (C=O) groups is 1. The molecule has 0 fully saturated rings. The summed E-state index contributed by atoms with van der Waals surface area (Å²) in [4.78, 5) is 12.2. The van der Waals surface area contributed by atoms with Crippen molar-refractivity contribution in [3.8, 4) is 5.75 Å². The highest BCUT2D eigenvalue weighted by Crippen LogP contribution is 2.18. The largest absolute Gasteiger partial charge is 0.423 e. The average Bonchev–Trinajstić information content (AvgIpc) is 2.64. The van der Waals surface area contributed by atoms with Crippen LogP contribution in [0.1, 0.15) is 21.5 Å². The van der Waals surface area contributed by atoms with Crippen LogP contribution in [0.25, 0.3) is 0 Å². The van der Waals surface area contributed by atoms with Crippen molar-refractivity contribution in [2.75, 3.05) is 17.5 Å². The molecule has 0 amide bonds. The van der Waals surface area contributed by atoms with E-state index in [1.165, 1.54) is 5.56 Å². The van der Waals surface area contributed by atoms with Gasteiger partial charge in [-0.2, -0.15) is 0 Å². The predicted octanol–water partition coefficient (Wildman–Crippen LogP) is 4.99. The highest BCUT2D eigenvalue weighted by atomic mass is 16.5. The first-order chi connectivity index (χ1) is 12.5. The maximum Gasteiger partial charge on any atom is 0.343 e. The van der Waals surface area contributed by atoms with Crippen molar-refractivity contribution in [3.05, 3.63) is 89.5 Å². The summed E-state index contributed by atoms with van der Waals surface area (Å²) in [6.45, 7) is 4.05. The number of ether oxygens (including phenoxy) is 1. The fourth-order valence-electron chi connectivity index (χ4n) is 2.48. The van der Waals surface area contributed by atoms with Gasteiger partial charge >= 0.3 is 5.97 Å². The minimum absolute atomic E-state index is 0.368. The lowest BCUT2D eigenvalue weighted by Crippen LogP contribution is -2.24. The van der Waals surface area contributed by atoms with Gasteiger partial charge in [0.1, 0.15) is 5.75 Å². The molecule has 0 aliphatic carbocycles. The van der Waals surface area contributed by atoms with Crippen molar-refractivity contribution in [1.29, 1.82) is 0 Å². The molecule has 0 aromatic heterocycles. The van der Waals surface area contributed by atoms with Crippen molar-refractivity contribution >= 4 is 17.3 Å². The molecule has 4 heteroatoms. The third kappa shape index (κ3) is 4.42. The molecule has 0 spiro atoms. The molecular formula is C22H22N2O2. The first-order valence-corrected chi connectivity index (χ1v) is 8.47. The summed E-state index contributed by atoms with van der Waals surface area (Å²) in [6.07, 6.45) is 0. The molecule has 0 radical (unpaired) electrons. The van der Waals surface area contributed by atoms with Gasteiger partial charge in [0.25, 0.3) is 0 Å². The molecule has 132 valence electrons. The van der Waals surface area contributed by atoms with E-state index in [-0.39, 0.29) is 5.97 Å². The second kappa shape index (κ2) is 7.74. The highest BCUT2D eigenvalue weighted by molar-refractivity contribution is 5.91. The maximum absolute atomic E-state index is 12.2. The van der Waals surface area contributed by atoms with Crippen LogP contribution in [0.5, 0.6) is 5.75 Å². The molecule has 0 heterocycles. The first kappa shape index (κ1) is 17.5. The molecule has 0 aliphatic heterocycles. The van der Waals surface area contributed by atoms with E-state index in [0.29, 0.717) is 11.3 Å². The maximum atomic E-state index is 12.2. The van der Waals surface area contributed by atoms with E-state index in [9.17, 15) is 4.79 Å². The van der Waals surface area contributed by atoms with Crippen LogP contribution in [-0.2, 0) is 0 Å². The SMILES string of the molecule is Cc1ccc(OC(=O)c2ccc(NN(C)c3ccc(C)cc3)cc2)cc1. The Morgan fingerprint density at radius 3 is 1.92 bits per heavy atom. The van der Waals surface area contributed by atoms with Crippen LogP contribution in [0, 0.1) is 13.8 Å². The molecule has 4 nitrogen and oxygen atoms in total. The smallest absolute Gasteiger partial charge is 0.343 e. The Hall–Kier alpha value is -3.27. The van der Waals surface area contributed by atoms with Crippen molar-refractivity contribution in [1.82, 2.24) is 0 Å². The third-order valence-corrected chi connectivity index (χ3v) is 4.07. The zero-order chi connectivity index (χ0) is 18.5. The third-order valence-electron chi connectivity index (χ3n) is 4.07. The van der Waals surface area contributed by atoms with Crippen LogP contribution in [0.15, 0.2) is 72.8 Å². The summed E-state index contributed by atoms with van der Waals surface area (Å²) >= 11 is 0. The lowest BCUT2D eigenvalue weighted by Gasteiger charge is -2.21. The van der Waals surface area contributed by atoms with Crippen molar-refractivity contribution < 1.29 is 9.53 Å². The van der Waals surface area contributed by atoms with E-state index >= 15 is 0 Å². The summed E-state index contributed by atoms with van der Waals surface area (Å²) in [6, 6.07) is 22.9. The standard InChI is InChI=1S/C22H22N2O2/c1-16-4-12-20(13-5-16)24(3)23-19-10-8-18(9-11-19)22(25)26-21-14-6-17(2)7-15-21/h4-15,23H,1-3H3. The zero-order valence-electron chi connectivity index (χ0n) is 15.2. The molecule has 1 N–H and O–H groups in total. The molecule has 0 saturated heterocycles. The van der Waals surface area contributed by atoms with Gasteiger partial charge < -0.3 is 4.74 Å². The Morgan fingerprint density at radius 1 is 0.808 bits per heavy atom. The molecule has 0 aliphatic rings. The van der Waals surface area contributed by atoms with Crippen LogP contribution >= 0.6 is 0 Å². The molecular weight excluding hydrogens is 324 g/mol. The summed E-state index contributed by atoms with van der Waals surface area (Å²) in [5.41, 5.74) is 8.08. The average molecular weight is 346 g/mol. The molecule has 3 rings (SSSR count). The van der Waals surface area contributed by atoms with Crippen LogP contribution in [0.4, 0.5) is 11.4 Å². The van der Waals surface area contributed by atoms with Crippen LogP contribution < -0.4 is 15.2 Å². The summed E-state index contributed by atoms with van der Waals surface area (Å²) in [7, 11) is 1.95. The van der Waals surface area contributed by atoms with E-state index in [0.717, 1.165) is 16.9 Å². The van der Waals surface area contributed by atoms with E-state index in [1.54, 1.807) is 24.3 Å². The topological polar surface area (TPSA) is 41.6 Å². The Bertz CT molecular complexity index is 870. The first-order valence-electron chi connectivity index (χ1n) is 8.47. The van der Waals surface area contributed by atoms with Crippen LogP contribution in [-0.4, -0.2) is 13.0 Å². The molecule has 0 atom stereocenters. The lowest BCUT2D eigenvalue weighted by molar-refractivity contribution is 0.0735. The number of rotatable bonds is 5. The number of hydrogen-bond donors (Lipinski definition) is 1. The van der Waals surface area contributed by atoms with Gasteiger partial charge in [-0.3, -0.25) is 10.4 Å². The van der Waals surface area contributed by atoms with Crippen molar-refractivity contribution in [2.45, 2.75) is 13.8 Å². The fourth-order valence-corrected chi connectivity index (χ4v) is 2.48.